The maximum Gasteiger partial charge on any atom is 0.335 e. The lowest BCUT2D eigenvalue weighted by Crippen LogP contribution is -2.37. The summed E-state index contributed by atoms with van der Waals surface area (Å²) in [4.78, 5) is 17.6. The molecule has 0 aromatic heterocycles. The van der Waals surface area contributed by atoms with Crippen LogP contribution in [0.3, 0.4) is 0 Å². The van der Waals surface area contributed by atoms with E-state index in [0.29, 0.717) is 22.9 Å². The molecule has 0 saturated heterocycles. The number of urea groups is 1. The lowest BCUT2D eigenvalue weighted by molar-refractivity contribution is 0.128. The van der Waals surface area contributed by atoms with Gasteiger partial charge in [-0.3, -0.25) is 5.01 Å². The van der Waals surface area contributed by atoms with Crippen LogP contribution < -0.4 is 15.9 Å². The Bertz CT molecular complexity index is 785. The zero-order chi connectivity index (χ0) is 22.7. The Morgan fingerprint density at radius 2 is 2.10 bits per heavy atom. The predicted octanol–water partition coefficient (Wildman–Crippen LogP) is 5.25. The van der Waals surface area contributed by atoms with Crippen molar-refractivity contribution in [3.63, 3.8) is 0 Å². The number of benzene rings is 1. The van der Waals surface area contributed by atoms with Crippen LogP contribution in [0, 0.1) is 5.92 Å². The number of hydrazine groups is 1. The first kappa shape index (κ1) is 25.2. The van der Waals surface area contributed by atoms with Gasteiger partial charge in [-0.05, 0) is 63.7 Å². The van der Waals surface area contributed by atoms with Crippen LogP contribution in [0.25, 0.3) is 0 Å². The van der Waals surface area contributed by atoms with E-state index in [4.69, 9.17) is 15.4 Å². The average molecular weight is 417 g/mol. The van der Waals surface area contributed by atoms with Crippen molar-refractivity contribution in [1.82, 2.24) is 5.01 Å². The van der Waals surface area contributed by atoms with Crippen LogP contribution in [0.2, 0.25) is 0 Å². The van der Waals surface area contributed by atoms with Gasteiger partial charge in [0.15, 0.2) is 0 Å². The minimum atomic E-state index is -0.441. The first-order valence-electron chi connectivity index (χ1n) is 10.1. The van der Waals surface area contributed by atoms with E-state index in [1.54, 1.807) is 25.3 Å². The van der Waals surface area contributed by atoms with Crippen LogP contribution in [0.1, 0.15) is 52.5 Å². The molecule has 0 aliphatic heterocycles. The van der Waals surface area contributed by atoms with Crippen LogP contribution >= 0.6 is 0 Å². The smallest absolute Gasteiger partial charge is 0.335 e. The maximum atomic E-state index is 11.9. The van der Waals surface area contributed by atoms with Gasteiger partial charge < -0.3 is 14.9 Å². The molecule has 1 unspecified atom stereocenters. The second-order valence-corrected chi connectivity index (χ2v) is 7.47. The molecule has 7 nitrogen and oxygen atoms in total. The number of methoxy groups -OCH3 is 1. The molecule has 3 N–H and O–H groups in total. The molecule has 1 aromatic carbocycles. The number of carbonyl (C=O) groups excluding carboxylic acids is 1. The number of anilines is 1. The number of hydrogen-bond donors (Lipinski definition) is 2. The third kappa shape index (κ3) is 7.91. The topological polar surface area (TPSA) is 89.2 Å². The number of nitrogens with zero attached hydrogens (tertiary/aromatic N) is 2. The van der Waals surface area contributed by atoms with Crippen molar-refractivity contribution in [2.24, 2.45) is 16.9 Å². The molecule has 166 valence electrons. The quantitative estimate of drug-likeness (QED) is 0.169. The monoisotopic (exact) mass is 416 g/mol. The number of nitrogens with one attached hydrogen (secondary N) is 1. The van der Waals surface area contributed by atoms with Crippen molar-refractivity contribution < 1.29 is 14.4 Å². The average Bonchev–Trinajstić information content (AvgIpc) is 2.69. The number of hydrogen-bond acceptors (Lipinski definition) is 5. The van der Waals surface area contributed by atoms with E-state index in [1.165, 1.54) is 12.6 Å². The van der Waals surface area contributed by atoms with Crippen molar-refractivity contribution in [1.29, 1.82) is 0 Å². The third-order valence-electron chi connectivity index (χ3n) is 4.83. The SMILES string of the molecule is C=C(C)CCCC(C)/C(=C\C)C(C)=NOCc1c(NC(=O)N(C)N)cccc1OC. The van der Waals surface area contributed by atoms with Crippen molar-refractivity contribution in [2.75, 3.05) is 19.5 Å². The highest BCUT2D eigenvalue weighted by molar-refractivity contribution is 5.98. The number of rotatable bonds is 11. The van der Waals surface area contributed by atoms with E-state index in [0.717, 1.165) is 35.6 Å². The minimum Gasteiger partial charge on any atom is -0.496 e. The second-order valence-electron chi connectivity index (χ2n) is 7.47. The van der Waals surface area contributed by atoms with Crippen molar-refractivity contribution in [3.8, 4) is 5.75 Å². The van der Waals surface area contributed by atoms with Crippen molar-refractivity contribution >= 4 is 17.4 Å². The first-order chi connectivity index (χ1) is 14.2. The Balaban J connectivity index is 2.88. The molecular formula is C23H36N4O3. The number of oxime groups is 1. The summed E-state index contributed by atoms with van der Waals surface area (Å²) >= 11 is 0. The molecule has 7 heteroatoms. The van der Waals surface area contributed by atoms with Gasteiger partial charge in [-0.15, -0.1) is 6.58 Å². The lowest BCUT2D eigenvalue weighted by atomic mass is 9.91. The van der Waals surface area contributed by atoms with Gasteiger partial charge in [-0.25, -0.2) is 10.6 Å². The number of amides is 2. The highest BCUT2D eigenvalue weighted by Crippen LogP contribution is 2.28. The Morgan fingerprint density at radius 1 is 1.40 bits per heavy atom. The number of allylic oxidation sites excluding steroid dienone is 3. The summed E-state index contributed by atoms with van der Waals surface area (Å²) in [5.74, 6) is 6.47. The molecule has 0 aliphatic rings. The molecule has 1 aromatic rings. The van der Waals surface area contributed by atoms with E-state index in [-0.39, 0.29) is 6.61 Å². The normalized spacial score (nSPS) is 12.9. The molecule has 0 saturated carbocycles. The molecule has 0 fully saturated rings. The Morgan fingerprint density at radius 3 is 2.67 bits per heavy atom. The zero-order valence-corrected chi connectivity index (χ0v) is 19.1. The predicted molar refractivity (Wildman–Crippen MR) is 123 cm³/mol. The van der Waals surface area contributed by atoms with Gasteiger partial charge in [-0.1, -0.05) is 29.8 Å². The Hall–Kier alpha value is -2.80. The number of ether oxygens (including phenoxy) is 1. The van der Waals surface area contributed by atoms with Crippen LogP contribution in [0.15, 0.2) is 47.2 Å². The summed E-state index contributed by atoms with van der Waals surface area (Å²) < 4.78 is 5.41. The van der Waals surface area contributed by atoms with Gasteiger partial charge in [0, 0.05) is 7.05 Å². The molecule has 30 heavy (non-hydrogen) atoms. The maximum absolute atomic E-state index is 11.9. The van der Waals surface area contributed by atoms with Crippen LogP contribution in [-0.4, -0.2) is 30.9 Å². The lowest BCUT2D eigenvalue weighted by Gasteiger charge is -2.17. The standard InChI is InChI=1S/C23H36N4O3/c1-8-19(17(4)12-9-11-16(2)3)18(5)26-30-15-20-21(25-23(28)27(6)24)13-10-14-22(20)29-7/h8,10,13-14,17H,2,9,11-12,15,24H2,1,3-7H3,(H,25,28)/b19-8+,26-18?. The second kappa shape index (κ2) is 12.7. The van der Waals surface area contributed by atoms with E-state index >= 15 is 0 Å². The van der Waals surface area contributed by atoms with Crippen molar-refractivity contribution in [3.05, 3.63) is 47.6 Å². The van der Waals surface area contributed by atoms with Gasteiger partial charge in [0.05, 0.1) is 24.1 Å². The highest BCUT2D eigenvalue weighted by atomic mass is 16.6. The third-order valence-corrected chi connectivity index (χ3v) is 4.83. The molecule has 0 bridgehead atoms. The molecule has 0 heterocycles. The van der Waals surface area contributed by atoms with Crippen LogP contribution in [0.5, 0.6) is 5.75 Å². The van der Waals surface area contributed by atoms with E-state index in [2.05, 4.69) is 37.0 Å². The molecular weight excluding hydrogens is 380 g/mol. The summed E-state index contributed by atoms with van der Waals surface area (Å²) in [5, 5.41) is 8.03. The Labute approximate surface area is 180 Å². The summed E-state index contributed by atoms with van der Waals surface area (Å²) in [7, 11) is 3.04. The fourth-order valence-electron chi connectivity index (χ4n) is 3.19. The summed E-state index contributed by atoms with van der Waals surface area (Å²) in [6.07, 6.45) is 5.28. The van der Waals surface area contributed by atoms with Crippen LogP contribution in [0.4, 0.5) is 10.5 Å². The molecule has 2 amide bonds. The van der Waals surface area contributed by atoms with Gasteiger partial charge in [-0.2, -0.15) is 0 Å². The van der Waals surface area contributed by atoms with Gasteiger partial charge in [0.25, 0.3) is 0 Å². The number of carbonyl (C=O) groups is 1. The van der Waals surface area contributed by atoms with Gasteiger partial charge in [0.2, 0.25) is 0 Å². The fourth-order valence-corrected chi connectivity index (χ4v) is 3.19. The first-order valence-corrected chi connectivity index (χ1v) is 10.1. The molecule has 0 spiro atoms. The molecule has 1 atom stereocenters. The Kier molecular flexibility index (Phi) is 10.7. The minimum absolute atomic E-state index is 0.145. The van der Waals surface area contributed by atoms with Crippen molar-refractivity contribution in [2.45, 2.75) is 53.6 Å². The van der Waals surface area contributed by atoms with E-state index in [1.807, 2.05) is 13.8 Å². The van der Waals surface area contributed by atoms with Crippen LogP contribution in [-0.2, 0) is 11.4 Å². The largest absolute Gasteiger partial charge is 0.496 e. The van der Waals surface area contributed by atoms with E-state index in [9.17, 15) is 4.79 Å². The fraction of sp³-hybridized carbons (Fsp3) is 0.478. The van der Waals surface area contributed by atoms with Gasteiger partial charge >= 0.3 is 6.03 Å². The summed E-state index contributed by atoms with van der Waals surface area (Å²) in [6, 6.07) is 4.91. The molecule has 0 aliphatic carbocycles. The summed E-state index contributed by atoms with van der Waals surface area (Å²) in [5.41, 5.74) is 4.45. The highest BCUT2D eigenvalue weighted by Gasteiger charge is 2.15. The molecule has 1 rings (SSSR count). The van der Waals surface area contributed by atoms with E-state index < -0.39 is 6.03 Å². The van der Waals surface area contributed by atoms with Gasteiger partial charge in [0.1, 0.15) is 12.4 Å². The number of nitrogens with two attached hydrogens (primary N) is 1. The zero-order valence-electron chi connectivity index (χ0n) is 19.1. The molecule has 0 radical (unpaired) electrons. The summed E-state index contributed by atoms with van der Waals surface area (Å²) in [6.45, 7) is 12.3.